The van der Waals surface area contributed by atoms with E-state index in [1.54, 1.807) is 0 Å². The van der Waals surface area contributed by atoms with Crippen molar-refractivity contribution in [2.75, 3.05) is 5.32 Å². The first-order valence-electron chi connectivity index (χ1n) is 4.37. The van der Waals surface area contributed by atoms with Gasteiger partial charge in [-0.25, -0.2) is 0 Å². The van der Waals surface area contributed by atoms with Crippen molar-refractivity contribution in [1.82, 2.24) is 0 Å². The highest BCUT2D eigenvalue weighted by Gasteiger charge is 2.09. The van der Waals surface area contributed by atoms with E-state index in [-0.39, 0.29) is 5.11 Å². The van der Waals surface area contributed by atoms with Gasteiger partial charge in [-0.3, -0.25) is 0 Å². The fraction of sp³-hybridized carbons (Fsp3) is 0.300. The Bertz CT molecular complexity index is 350. The maximum Gasteiger partial charge on any atom is 0.168 e. The van der Waals surface area contributed by atoms with Crippen molar-refractivity contribution < 1.29 is 0 Å². The smallest absolute Gasteiger partial charge is 0.168 e. The Hall–Kier alpha value is -0.800. The van der Waals surface area contributed by atoms with Gasteiger partial charge in [0.15, 0.2) is 5.11 Å². The molecule has 0 bridgehead atoms. The summed E-state index contributed by atoms with van der Waals surface area (Å²) in [5.74, 6) is 0.380. The number of hydrogen-bond donors (Lipinski definition) is 2. The van der Waals surface area contributed by atoms with Gasteiger partial charge in [0.25, 0.3) is 0 Å². The van der Waals surface area contributed by atoms with Crippen molar-refractivity contribution in [2.45, 2.75) is 19.8 Å². The molecule has 0 unspecified atom stereocenters. The van der Waals surface area contributed by atoms with E-state index in [0.717, 1.165) is 11.3 Å². The summed E-state index contributed by atoms with van der Waals surface area (Å²) in [4.78, 5) is 0. The lowest BCUT2D eigenvalue weighted by molar-refractivity contribution is 0.869. The number of nitrogens with one attached hydrogen (secondary N) is 1. The summed E-state index contributed by atoms with van der Waals surface area (Å²) in [6.07, 6.45) is 0. The monoisotopic (exact) mass is 228 g/mol. The number of para-hydroxylation sites is 1. The highest BCUT2D eigenvalue weighted by atomic mass is 35.5. The molecule has 0 heterocycles. The highest BCUT2D eigenvalue weighted by Crippen LogP contribution is 2.30. The number of nitrogens with two attached hydrogens (primary N) is 1. The molecule has 4 heteroatoms. The molecule has 14 heavy (non-hydrogen) atoms. The van der Waals surface area contributed by atoms with Crippen molar-refractivity contribution in [1.29, 1.82) is 0 Å². The lowest BCUT2D eigenvalue weighted by atomic mass is 10.0. The summed E-state index contributed by atoms with van der Waals surface area (Å²) in [6.45, 7) is 4.19. The number of hydrogen-bond acceptors (Lipinski definition) is 1. The average Bonchev–Trinajstić information content (AvgIpc) is 2.07. The molecule has 1 aromatic carbocycles. The summed E-state index contributed by atoms with van der Waals surface area (Å²) in [5.41, 5.74) is 7.36. The predicted octanol–water partition coefficient (Wildman–Crippen LogP) is 3.12. The molecule has 1 rings (SSSR count). The van der Waals surface area contributed by atoms with Crippen molar-refractivity contribution in [3.05, 3.63) is 28.8 Å². The number of thiocarbonyl (C=S) groups is 1. The Morgan fingerprint density at radius 1 is 1.50 bits per heavy atom. The van der Waals surface area contributed by atoms with Crippen LogP contribution in [0.3, 0.4) is 0 Å². The average molecular weight is 229 g/mol. The molecular formula is C10H13ClN2S. The summed E-state index contributed by atoms with van der Waals surface area (Å²) >= 11 is 10.8. The van der Waals surface area contributed by atoms with Crippen LogP contribution in [0.4, 0.5) is 5.69 Å². The lowest BCUT2D eigenvalue weighted by Crippen LogP contribution is -2.20. The van der Waals surface area contributed by atoms with Crippen LogP contribution in [0, 0.1) is 0 Å². The molecule has 0 spiro atoms. The van der Waals surface area contributed by atoms with Gasteiger partial charge in [-0.1, -0.05) is 37.6 Å². The molecule has 0 aliphatic rings. The first-order chi connectivity index (χ1) is 6.52. The molecule has 0 atom stereocenters. The van der Waals surface area contributed by atoms with E-state index < -0.39 is 0 Å². The first kappa shape index (κ1) is 11.3. The first-order valence-corrected chi connectivity index (χ1v) is 5.16. The van der Waals surface area contributed by atoms with Crippen LogP contribution < -0.4 is 11.1 Å². The minimum absolute atomic E-state index is 0.236. The van der Waals surface area contributed by atoms with E-state index in [9.17, 15) is 0 Å². The number of anilines is 1. The molecule has 2 nitrogen and oxygen atoms in total. The number of halogens is 1. The third-order valence-corrected chi connectivity index (χ3v) is 2.33. The number of benzene rings is 1. The van der Waals surface area contributed by atoms with Crippen LogP contribution in [0.5, 0.6) is 0 Å². The Balaban J connectivity index is 3.15. The third kappa shape index (κ3) is 2.59. The van der Waals surface area contributed by atoms with Crippen molar-refractivity contribution in [2.24, 2.45) is 5.73 Å². The van der Waals surface area contributed by atoms with Crippen LogP contribution in [0.15, 0.2) is 18.2 Å². The molecule has 1 aromatic rings. The molecule has 0 saturated heterocycles. The van der Waals surface area contributed by atoms with Crippen LogP contribution in [0.2, 0.25) is 5.02 Å². The van der Waals surface area contributed by atoms with Gasteiger partial charge in [0, 0.05) is 0 Å². The standard InChI is InChI=1S/C10H13ClN2S/c1-6(2)7-4-3-5-8(11)9(7)13-10(12)14/h3-6H,1-2H3,(H3,12,13,14). The van der Waals surface area contributed by atoms with Crippen LogP contribution >= 0.6 is 23.8 Å². The Kier molecular flexibility index (Phi) is 3.72. The quantitative estimate of drug-likeness (QED) is 0.764. The van der Waals surface area contributed by atoms with Crippen molar-refractivity contribution in [3.63, 3.8) is 0 Å². The maximum atomic E-state index is 6.04. The van der Waals surface area contributed by atoms with Gasteiger partial charge in [0.2, 0.25) is 0 Å². The van der Waals surface area contributed by atoms with E-state index in [0.29, 0.717) is 10.9 Å². The van der Waals surface area contributed by atoms with E-state index in [1.807, 2.05) is 18.2 Å². The molecule has 76 valence electrons. The molecule has 3 N–H and O–H groups in total. The molecule has 0 aliphatic carbocycles. The summed E-state index contributed by atoms with van der Waals surface area (Å²) in [5, 5.41) is 3.78. The van der Waals surface area contributed by atoms with Crippen LogP contribution in [-0.4, -0.2) is 5.11 Å². The Morgan fingerprint density at radius 3 is 2.64 bits per heavy atom. The zero-order valence-corrected chi connectivity index (χ0v) is 9.75. The van der Waals surface area contributed by atoms with Gasteiger partial charge in [-0.2, -0.15) is 0 Å². The van der Waals surface area contributed by atoms with Gasteiger partial charge >= 0.3 is 0 Å². The molecule has 0 radical (unpaired) electrons. The highest BCUT2D eigenvalue weighted by molar-refractivity contribution is 7.80. The molecule has 0 aliphatic heterocycles. The molecule has 0 saturated carbocycles. The topological polar surface area (TPSA) is 38.0 Å². The maximum absolute atomic E-state index is 6.04. The van der Waals surface area contributed by atoms with Gasteiger partial charge in [-0.15, -0.1) is 0 Å². The van der Waals surface area contributed by atoms with Crippen molar-refractivity contribution in [3.8, 4) is 0 Å². The summed E-state index contributed by atoms with van der Waals surface area (Å²) in [6, 6.07) is 5.74. The van der Waals surface area contributed by atoms with Gasteiger partial charge in [0.05, 0.1) is 10.7 Å². The minimum atomic E-state index is 0.236. The van der Waals surface area contributed by atoms with E-state index in [1.165, 1.54) is 0 Å². The van der Waals surface area contributed by atoms with Gasteiger partial charge < -0.3 is 11.1 Å². The zero-order chi connectivity index (χ0) is 10.7. The zero-order valence-electron chi connectivity index (χ0n) is 8.17. The fourth-order valence-electron chi connectivity index (χ4n) is 1.28. The van der Waals surface area contributed by atoms with Crippen LogP contribution in [0.1, 0.15) is 25.3 Å². The molecule has 0 amide bonds. The molecular weight excluding hydrogens is 216 g/mol. The van der Waals surface area contributed by atoms with Gasteiger partial charge in [-0.05, 0) is 29.8 Å². The second-order valence-electron chi connectivity index (χ2n) is 3.35. The predicted molar refractivity (Wildman–Crippen MR) is 65.9 cm³/mol. The Labute approximate surface area is 94.4 Å². The Morgan fingerprint density at radius 2 is 2.14 bits per heavy atom. The second kappa shape index (κ2) is 4.62. The van der Waals surface area contributed by atoms with Crippen molar-refractivity contribution >= 4 is 34.6 Å². The summed E-state index contributed by atoms with van der Waals surface area (Å²) < 4.78 is 0. The molecule has 0 aromatic heterocycles. The van der Waals surface area contributed by atoms with Crippen LogP contribution in [-0.2, 0) is 0 Å². The summed E-state index contributed by atoms with van der Waals surface area (Å²) in [7, 11) is 0. The largest absolute Gasteiger partial charge is 0.376 e. The van der Waals surface area contributed by atoms with E-state index in [4.69, 9.17) is 29.6 Å². The minimum Gasteiger partial charge on any atom is -0.376 e. The van der Waals surface area contributed by atoms with E-state index in [2.05, 4.69) is 19.2 Å². The van der Waals surface area contributed by atoms with E-state index >= 15 is 0 Å². The van der Waals surface area contributed by atoms with Crippen LogP contribution in [0.25, 0.3) is 0 Å². The number of rotatable bonds is 2. The normalized spacial score (nSPS) is 10.3. The molecule has 0 fully saturated rings. The third-order valence-electron chi connectivity index (χ3n) is 1.92. The SMILES string of the molecule is CC(C)c1cccc(Cl)c1NC(N)=S. The second-order valence-corrected chi connectivity index (χ2v) is 4.20. The fourth-order valence-corrected chi connectivity index (χ4v) is 1.61. The van der Waals surface area contributed by atoms with Gasteiger partial charge in [0.1, 0.15) is 0 Å². The lowest BCUT2D eigenvalue weighted by Gasteiger charge is -2.14.